The van der Waals surface area contributed by atoms with E-state index in [9.17, 15) is 0 Å². The average molecular weight is 197 g/mol. The Morgan fingerprint density at radius 2 is 2.29 bits per heavy atom. The summed E-state index contributed by atoms with van der Waals surface area (Å²) in [6, 6.07) is 0. The smallest absolute Gasteiger partial charge is 0.124 e. The minimum Gasteiger partial charge on any atom is -0.396 e. The zero-order chi connectivity index (χ0) is 10.4. The molecule has 0 fully saturated rings. The molecule has 1 aromatic rings. The van der Waals surface area contributed by atoms with Crippen molar-refractivity contribution in [2.45, 2.75) is 39.2 Å². The summed E-state index contributed by atoms with van der Waals surface area (Å²) in [6.07, 6.45) is 5.62. The average Bonchev–Trinajstić information content (AvgIpc) is 2.54. The van der Waals surface area contributed by atoms with Crippen LogP contribution in [-0.2, 0) is 13.0 Å². The molecular formula is C10H19N3O. The number of aromatic nitrogens is 2. The van der Waals surface area contributed by atoms with Crippen LogP contribution in [-0.4, -0.2) is 21.5 Å². The first kappa shape index (κ1) is 11.0. The number of unbranched alkanes of at least 4 members (excludes halogenated alkanes) is 1. The summed E-state index contributed by atoms with van der Waals surface area (Å²) in [5.74, 6) is 0.756. The van der Waals surface area contributed by atoms with Crippen molar-refractivity contribution in [3.05, 3.63) is 11.8 Å². The molecule has 4 heteroatoms. The quantitative estimate of drug-likeness (QED) is 0.720. The number of nitrogens with two attached hydrogens (primary N) is 1. The van der Waals surface area contributed by atoms with Gasteiger partial charge in [-0.2, -0.15) is 5.10 Å². The normalized spacial score (nSPS) is 10.7. The van der Waals surface area contributed by atoms with Crippen molar-refractivity contribution in [2.24, 2.45) is 0 Å². The molecule has 1 rings (SSSR count). The van der Waals surface area contributed by atoms with Crippen LogP contribution in [0, 0.1) is 0 Å². The lowest BCUT2D eigenvalue weighted by molar-refractivity contribution is 0.288. The second-order valence-corrected chi connectivity index (χ2v) is 3.46. The molecule has 0 amide bonds. The van der Waals surface area contributed by atoms with Gasteiger partial charge in [0.2, 0.25) is 0 Å². The van der Waals surface area contributed by atoms with E-state index < -0.39 is 0 Å². The Morgan fingerprint density at radius 1 is 1.50 bits per heavy atom. The minimum absolute atomic E-state index is 0.208. The molecule has 0 aliphatic heterocycles. The number of anilines is 1. The fourth-order valence-corrected chi connectivity index (χ4v) is 1.38. The molecule has 0 saturated heterocycles. The molecule has 0 unspecified atom stereocenters. The predicted octanol–water partition coefficient (Wildman–Crippen LogP) is 1.19. The predicted molar refractivity (Wildman–Crippen MR) is 57.0 cm³/mol. The third kappa shape index (κ3) is 2.73. The molecule has 0 bridgehead atoms. The lowest BCUT2D eigenvalue weighted by atomic mass is 10.2. The van der Waals surface area contributed by atoms with E-state index in [0.29, 0.717) is 0 Å². The van der Waals surface area contributed by atoms with Gasteiger partial charge in [-0.15, -0.1) is 0 Å². The van der Waals surface area contributed by atoms with Crippen LogP contribution in [0.1, 0.15) is 31.7 Å². The van der Waals surface area contributed by atoms with E-state index in [0.717, 1.165) is 43.6 Å². The van der Waals surface area contributed by atoms with Crippen molar-refractivity contribution in [1.29, 1.82) is 0 Å². The number of hydrogen-bond acceptors (Lipinski definition) is 3. The molecule has 0 saturated carbocycles. The van der Waals surface area contributed by atoms with Gasteiger partial charge in [-0.25, -0.2) is 4.68 Å². The molecule has 0 aliphatic carbocycles. The van der Waals surface area contributed by atoms with Crippen LogP contribution in [0.4, 0.5) is 5.82 Å². The Kier molecular flexibility index (Phi) is 4.46. The van der Waals surface area contributed by atoms with Crippen molar-refractivity contribution in [3.8, 4) is 0 Å². The van der Waals surface area contributed by atoms with E-state index in [1.807, 2.05) is 4.68 Å². The summed E-state index contributed by atoms with van der Waals surface area (Å²) >= 11 is 0. The molecular weight excluding hydrogens is 178 g/mol. The van der Waals surface area contributed by atoms with Crippen molar-refractivity contribution < 1.29 is 5.11 Å². The summed E-state index contributed by atoms with van der Waals surface area (Å²) in [4.78, 5) is 0. The Hall–Kier alpha value is -1.03. The highest BCUT2D eigenvalue weighted by Crippen LogP contribution is 2.13. The van der Waals surface area contributed by atoms with Crippen molar-refractivity contribution in [2.75, 3.05) is 12.3 Å². The molecule has 0 atom stereocenters. The number of aliphatic hydroxyl groups excluding tert-OH is 1. The second kappa shape index (κ2) is 5.65. The summed E-state index contributed by atoms with van der Waals surface area (Å²) < 4.78 is 1.84. The molecule has 1 heterocycles. The van der Waals surface area contributed by atoms with Gasteiger partial charge in [0.05, 0.1) is 6.20 Å². The highest BCUT2D eigenvalue weighted by Gasteiger charge is 2.05. The van der Waals surface area contributed by atoms with E-state index in [4.69, 9.17) is 10.8 Å². The Morgan fingerprint density at radius 3 is 2.93 bits per heavy atom. The maximum atomic E-state index is 8.70. The first-order chi connectivity index (χ1) is 6.79. The number of nitrogen functional groups attached to an aromatic ring is 1. The summed E-state index contributed by atoms with van der Waals surface area (Å²) in [5, 5.41) is 12.9. The van der Waals surface area contributed by atoms with E-state index in [2.05, 4.69) is 12.0 Å². The fourth-order valence-electron chi connectivity index (χ4n) is 1.38. The zero-order valence-electron chi connectivity index (χ0n) is 8.74. The number of rotatable bonds is 6. The largest absolute Gasteiger partial charge is 0.396 e. The van der Waals surface area contributed by atoms with Crippen LogP contribution in [0.2, 0.25) is 0 Å². The third-order valence-electron chi connectivity index (χ3n) is 2.29. The van der Waals surface area contributed by atoms with Crippen molar-refractivity contribution >= 4 is 5.82 Å². The molecule has 0 aromatic carbocycles. The van der Waals surface area contributed by atoms with E-state index in [1.165, 1.54) is 0 Å². The van der Waals surface area contributed by atoms with Gasteiger partial charge in [-0.1, -0.05) is 13.3 Å². The Labute approximate surface area is 84.7 Å². The maximum Gasteiger partial charge on any atom is 0.124 e. The lowest BCUT2D eigenvalue weighted by Gasteiger charge is -2.03. The monoisotopic (exact) mass is 197 g/mol. The molecule has 3 N–H and O–H groups in total. The lowest BCUT2D eigenvalue weighted by Crippen LogP contribution is -2.05. The molecule has 4 nitrogen and oxygen atoms in total. The Balaban J connectivity index is 2.55. The summed E-state index contributed by atoms with van der Waals surface area (Å²) in [5.41, 5.74) is 6.95. The van der Waals surface area contributed by atoms with Crippen LogP contribution in [0.25, 0.3) is 0 Å². The van der Waals surface area contributed by atoms with E-state index in [-0.39, 0.29) is 6.61 Å². The van der Waals surface area contributed by atoms with Gasteiger partial charge in [-0.3, -0.25) is 0 Å². The van der Waals surface area contributed by atoms with E-state index >= 15 is 0 Å². The summed E-state index contributed by atoms with van der Waals surface area (Å²) in [7, 11) is 0. The highest BCUT2D eigenvalue weighted by atomic mass is 16.2. The SMILES string of the molecule is CCCCn1ncc(CCCO)c1N. The molecule has 14 heavy (non-hydrogen) atoms. The molecule has 1 aromatic heterocycles. The second-order valence-electron chi connectivity index (χ2n) is 3.46. The summed E-state index contributed by atoms with van der Waals surface area (Å²) in [6.45, 7) is 3.24. The topological polar surface area (TPSA) is 64.1 Å². The Bertz CT molecular complexity index is 245. The van der Waals surface area contributed by atoms with Gasteiger partial charge < -0.3 is 10.8 Å². The van der Waals surface area contributed by atoms with Crippen LogP contribution in [0.5, 0.6) is 0 Å². The van der Waals surface area contributed by atoms with Gasteiger partial charge in [-0.05, 0) is 19.3 Å². The van der Waals surface area contributed by atoms with Gasteiger partial charge in [0.25, 0.3) is 0 Å². The number of hydrogen-bond donors (Lipinski definition) is 2. The third-order valence-corrected chi connectivity index (χ3v) is 2.29. The van der Waals surface area contributed by atoms with Crippen LogP contribution >= 0.6 is 0 Å². The van der Waals surface area contributed by atoms with Crippen molar-refractivity contribution in [1.82, 2.24) is 9.78 Å². The molecule has 0 radical (unpaired) electrons. The maximum absolute atomic E-state index is 8.70. The van der Waals surface area contributed by atoms with Crippen LogP contribution in [0.15, 0.2) is 6.20 Å². The van der Waals surface area contributed by atoms with Crippen LogP contribution < -0.4 is 5.73 Å². The number of aryl methyl sites for hydroxylation is 2. The molecule has 0 spiro atoms. The van der Waals surface area contributed by atoms with Gasteiger partial charge >= 0.3 is 0 Å². The fraction of sp³-hybridized carbons (Fsp3) is 0.700. The zero-order valence-corrected chi connectivity index (χ0v) is 8.74. The van der Waals surface area contributed by atoms with Crippen molar-refractivity contribution in [3.63, 3.8) is 0 Å². The van der Waals surface area contributed by atoms with Gasteiger partial charge in [0.1, 0.15) is 5.82 Å². The standard InChI is InChI=1S/C10H19N3O/c1-2-3-6-13-10(11)9(8-12-13)5-4-7-14/h8,14H,2-7,11H2,1H3. The minimum atomic E-state index is 0.208. The molecule has 80 valence electrons. The number of nitrogens with zero attached hydrogens (tertiary/aromatic N) is 2. The number of aliphatic hydroxyl groups is 1. The molecule has 0 aliphatic rings. The van der Waals surface area contributed by atoms with Crippen LogP contribution in [0.3, 0.4) is 0 Å². The van der Waals surface area contributed by atoms with E-state index in [1.54, 1.807) is 6.20 Å². The van der Waals surface area contributed by atoms with Gasteiger partial charge in [0.15, 0.2) is 0 Å². The first-order valence-corrected chi connectivity index (χ1v) is 5.20. The van der Waals surface area contributed by atoms with Gasteiger partial charge in [0, 0.05) is 18.7 Å². The first-order valence-electron chi connectivity index (χ1n) is 5.20. The highest BCUT2D eigenvalue weighted by molar-refractivity contribution is 5.38.